The van der Waals surface area contributed by atoms with E-state index >= 15 is 0 Å². The highest BCUT2D eigenvalue weighted by molar-refractivity contribution is 7.13. The first-order chi connectivity index (χ1) is 9.74. The number of thiazole rings is 1. The van der Waals surface area contributed by atoms with Gasteiger partial charge in [0.2, 0.25) is 0 Å². The molecule has 6 nitrogen and oxygen atoms in total. The molecule has 3 rings (SSSR count). The van der Waals surface area contributed by atoms with Crippen LogP contribution in [0.3, 0.4) is 0 Å². The van der Waals surface area contributed by atoms with Crippen LogP contribution in [0.15, 0.2) is 29.8 Å². The Bertz CT molecular complexity index is 593. The first kappa shape index (κ1) is 12.9. The summed E-state index contributed by atoms with van der Waals surface area (Å²) in [5.41, 5.74) is 0.122. The van der Waals surface area contributed by atoms with Gasteiger partial charge in [-0.2, -0.15) is 0 Å². The van der Waals surface area contributed by atoms with Gasteiger partial charge in [0, 0.05) is 37.8 Å². The minimum Gasteiger partial charge on any atom is -0.476 e. The summed E-state index contributed by atoms with van der Waals surface area (Å²) in [5, 5.41) is 11.3. The molecule has 2 aromatic heterocycles. The highest BCUT2D eigenvalue weighted by Gasteiger charge is 2.21. The molecule has 1 saturated heterocycles. The van der Waals surface area contributed by atoms with Crippen LogP contribution in [-0.2, 0) is 0 Å². The summed E-state index contributed by atoms with van der Waals surface area (Å²) in [6.45, 7) is 3.37. The van der Waals surface area contributed by atoms with E-state index in [9.17, 15) is 4.79 Å². The Balaban J connectivity index is 1.65. The maximum Gasteiger partial charge on any atom is 0.355 e. The van der Waals surface area contributed by atoms with Crippen molar-refractivity contribution < 1.29 is 9.90 Å². The van der Waals surface area contributed by atoms with Gasteiger partial charge in [-0.05, 0) is 12.1 Å². The normalized spacial score (nSPS) is 15.4. The monoisotopic (exact) mass is 290 g/mol. The van der Waals surface area contributed by atoms with Gasteiger partial charge < -0.3 is 14.9 Å². The fourth-order valence-electron chi connectivity index (χ4n) is 2.18. The summed E-state index contributed by atoms with van der Waals surface area (Å²) in [6, 6.07) is 5.89. The molecule has 1 aliphatic rings. The Morgan fingerprint density at radius 2 is 1.95 bits per heavy atom. The summed E-state index contributed by atoms with van der Waals surface area (Å²) in [6.07, 6.45) is 1.79. The Morgan fingerprint density at radius 1 is 1.20 bits per heavy atom. The Hall–Kier alpha value is -2.15. The van der Waals surface area contributed by atoms with Crippen LogP contribution < -0.4 is 9.80 Å². The average molecular weight is 290 g/mol. The summed E-state index contributed by atoms with van der Waals surface area (Å²) >= 11 is 1.38. The van der Waals surface area contributed by atoms with Crippen LogP contribution in [0, 0.1) is 0 Å². The minimum atomic E-state index is -0.973. The third-order valence-corrected chi connectivity index (χ3v) is 4.14. The molecule has 2 aromatic rings. The molecule has 1 fully saturated rings. The molecule has 0 unspecified atom stereocenters. The Kier molecular flexibility index (Phi) is 3.51. The van der Waals surface area contributed by atoms with E-state index in [4.69, 9.17) is 5.11 Å². The number of pyridine rings is 1. The topological polar surface area (TPSA) is 69.6 Å². The van der Waals surface area contributed by atoms with Gasteiger partial charge in [0.1, 0.15) is 5.82 Å². The molecule has 0 saturated carbocycles. The zero-order valence-corrected chi connectivity index (χ0v) is 11.6. The number of aromatic carboxylic acids is 1. The van der Waals surface area contributed by atoms with Gasteiger partial charge in [-0.15, -0.1) is 11.3 Å². The molecule has 0 aliphatic carbocycles. The van der Waals surface area contributed by atoms with Gasteiger partial charge >= 0.3 is 5.97 Å². The van der Waals surface area contributed by atoms with Crippen LogP contribution in [0.5, 0.6) is 0 Å². The molecule has 0 bridgehead atoms. The molecule has 0 aromatic carbocycles. The number of carboxylic acid groups (broad SMARTS) is 1. The smallest absolute Gasteiger partial charge is 0.355 e. The molecule has 1 N–H and O–H groups in total. The number of aromatic nitrogens is 2. The van der Waals surface area contributed by atoms with Gasteiger partial charge in [-0.3, -0.25) is 0 Å². The van der Waals surface area contributed by atoms with Crippen LogP contribution in [0.2, 0.25) is 0 Å². The summed E-state index contributed by atoms with van der Waals surface area (Å²) < 4.78 is 0. The lowest BCUT2D eigenvalue weighted by Gasteiger charge is -2.35. The molecule has 0 radical (unpaired) electrons. The zero-order valence-electron chi connectivity index (χ0n) is 10.8. The maximum absolute atomic E-state index is 10.8. The lowest BCUT2D eigenvalue weighted by molar-refractivity contribution is 0.0691. The van der Waals surface area contributed by atoms with Gasteiger partial charge in [0.25, 0.3) is 0 Å². The van der Waals surface area contributed by atoms with E-state index in [-0.39, 0.29) is 5.69 Å². The number of rotatable bonds is 3. The van der Waals surface area contributed by atoms with E-state index in [1.807, 2.05) is 18.2 Å². The molecular weight excluding hydrogens is 276 g/mol. The fraction of sp³-hybridized carbons (Fsp3) is 0.308. The van der Waals surface area contributed by atoms with Crippen LogP contribution in [0.1, 0.15) is 10.5 Å². The zero-order chi connectivity index (χ0) is 13.9. The molecule has 0 spiro atoms. The number of carbonyl (C=O) groups is 1. The number of piperazine rings is 1. The van der Waals surface area contributed by atoms with Crippen LogP contribution >= 0.6 is 11.3 Å². The summed E-state index contributed by atoms with van der Waals surface area (Å²) in [4.78, 5) is 23.7. The molecule has 7 heteroatoms. The van der Waals surface area contributed by atoms with E-state index in [0.29, 0.717) is 0 Å². The molecule has 0 amide bonds. The second-order valence-electron chi connectivity index (χ2n) is 4.48. The fourth-order valence-corrected chi connectivity index (χ4v) is 3.03. The van der Waals surface area contributed by atoms with Crippen LogP contribution in [-0.4, -0.2) is 47.2 Å². The van der Waals surface area contributed by atoms with Crippen LogP contribution in [0.25, 0.3) is 0 Å². The quantitative estimate of drug-likeness (QED) is 0.925. The van der Waals surface area contributed by atoms with E-state index in [1.54, 1.807) is 11.6 Å². The maximum atomic E-state index is 10.8. The van der Waals surface area contributed by atoms with E-state index < -0.39 is 5.97 Å². The molecule has 20 heavy (non-hydrogen) atoms. The molecule has 1 aliphatic heterocycles. The first-order valence-electron chi connectivity index (χ1n) is 6.34. The second kappa shape index (κ2) is 5.46. The van der Waals surface area contributed by atoms with Crippen molar-refractivity contribution in [3.63, 3.8) is 0 Å². The van der Waals surface area contributed by atoms with E-state index in [0.717, 1.165) is 37.1 Å². The SMILES string of the molecule is O=C(O)c1csc(N2CCN(c3ccccn3)CC2)n1. The third kappa shape index (κ3) is 2.57. The average Bonchev–Trinajstić information content (AvgIpc) is 2.98. The lowest BCUT2D eigenvalue weighted by atomic mass is 10.3. The standard InChI is InChI=1S/C13H14N4O2S/c18-12(19)10-9-20-13(15-10)17-7-5-16(6-8-17)11-3-1-2-4-14-11/h1-4,9H,5-8H2,(H,18,19). The third-order valence-electron chi connectivity index (χ3n) is 3.23. The largest absolute Gasteiger partial charge is 0.476 e. The van der Waals surface area contributed by atoms with Crippen molar-refractivity contribution in [2.24, 2.45) is 0 Å². The van der Waals surface area contributed by atoms with Crippen molar-refractivity contribution in [2.45, 2.75) is 0 Å². The number of hydrogen-bond donors (Lipinski definition) is 1. The van der Waals surface area contributed by atoms with Crippen molar-refractivity contribution in [3.8, 4) is 0 Å². The molecule has 3 heterocycles. The highest BCUT2D eigenvalue weighted by atomic mass is 32.1. The number of hydrogen-bond acceptors (Lipinski definition) is 6. The lowest BCUT2D eigenvalue weighted by Crippen LogP contribution is -2.46. The van der Waals surface area contributed by atoms with E-state index in [1.165, 1.54) is 11.3 Å². The number of nitrogens with zero attached hydrogens (tertiary/aromatic N) is 4. The number of anilines is 2. The van der Waals surface area contributed by atoms with Crippen molar-refractivity contribution in [1.82, 2.24) is 9.97 Å². The highest BCUT2D eigenvalue weighted by Crippen LogP contribution is 2.23. The Labute approximate surface area is 120 Å². The van der Waals surface area contributed by atoms with Gasteiger partial charge in [0.15, 0.2) is 10.8 Å². The van der Waals surface area contributed by atoms with Crippen molar-refractivity contribution >= 4 is 28.3 Å². The van der Waals surface area contributed by atoms with Crippen molar-refractivity contribution in [3.05, 3.63) is 35.5 Å². The minimum absolute atomic E-state index is 0.122. The summed E-state index contributed by atoms with van der Waals surface area (Å²) in [7, 11) is 0. The number of carboxylic acids is 1. The Morgan fingerprint density at radius 3 is 2.55 bits per heavy atom. The van der Waals surface area contributed by atoms with Gasteiger partial charge in [-0.25, -0.2) is 14.8 Å². The molecular formula is C13H14N4O2S. The van der Waals surface area contributed by atoms with E-state index in [2.05, 4.69) is 19.8 Å². The van der Waals surface area contributed by atoms with Crippen molar-refractivity contribution in [2.75, 3.05) is 36.0 Å². The predicted octanol–water partition coefficient (Wildman–Crippen LogP) is 1.56. The predicted molar refractivity (Wildman–Crippen MR) is 77.7 cm³/mol. The first-order valence-corrected chi connectivity index (χ1v) is 7.22. The summed E-state index contributed by atoms with van der Waals surface area (Å²) in [5.74, 6) is 0.0112. The molecule has 0 atom stereocenters. The second-order valence-corrected chi connectivity index (χ2v) is 5.32. The van der Waals surface area contributed by atoms with Crippen LogP contribution in [0.4, 0.5) is 10.9 Å². The van der Waals surface area contributed by atoms with Gasteiger partial charge in [0.05, 0.1) is 0 Å². The van der Waals surface area contributed by atoms with Gasteiger partial charge in [-0.1, -0.05) is 6.07 Å². The van der Waals surface area contributed by atoms with Crippen molar-refractivity contribution in [1.29, 1.82) is 0 Å². The molecule has 104 valence electrons.